The Hall–Kier alpha value is -1.79. The summed E-state index contributed by atoms with van der Waals surface area (Å²) in [5.74, 6) is 0.401. The lowest BCUT2D eigenvalue weighted by molar-refractivity contribution is -0.135. The summed E-state index contributed by atoms with van der Waals surface area (Å²) in [5.41, 5.74) is 0.903. The Morgan fingerprint density at radius 3 is 2.95 bits per heavy atom. The number of hydrogen-bond donors (Lipinski definition) is 2. The highest BCUT2D eigenvalue weighted by atomic mass is 16.5. The predicted octanol–water partition coefficient (Wildman–Crippen LogP) is 0.594. The van der Waals surface area contributed by atoms with Gasteiger partial charge in [-0.3, -0.25) is 4.79 Å². The second-order valence-electron chi connectivity index (χ2n) is 5.24. The molecular formula is C15H22N2O4. The van der Waals surface area contributed by atoms with Crippen LogP contribution < -0.4 is 10.1 Å². The van der Waals surface area contributed by atoms with E-state index >= 15 is 0 Å². The maximum atomic E-state index is 12.5. The Morgan fingerprint density at radius 1 is 1.52 bits per heavy atom. The predicted molar refractivity (Wildman–Crippen MR) is 78.3 cm³/mol. The Morgan fingerprint density at radius 2 is 2.29 bits per heavy atom. The number of aromatic hydroxyl groups is 1. The molecule has 2 unspecified atom stereocenters. The van der Waals surface area contributed by atoms with Crippen molar-refractivity contribution in [3.05, 3.63) is 23.8 Å². The molecule has 1 aromatic rings. The highest BCUT2D eigenvalue weighted by molar-refractivity contribution is 5.79. The summed E-state index contributed by atoms with van der Waals surface area (Å²) in [6, 6.07) is 5.15. The molecule has 0 spiro atoms. The number of phenols is 1. The molecular weight excluding hydrogens is 272 g/mol. The number of benzene rings is 1. The molecule has 1 fully saturated rings. The number of phenolic OH excluding ortho intramolecular Hbond substituents is 1. The molecule has 0 radical (unpaired) electrons. The fourth-order valence-corrected chi connectivity index (χ4v) is 2.54. The van der Waals surface area contributed by atoms with Crippen LogP contribution in [0.3, 0.4) is 0 Å². The molecule has 1 heterocycles. The zero-order valence-corrected chi connectivity index (χ0v) is 12.6. The van der Waals surface area contributed by atoms with Crippen LogP contribution >= 0.6 is 0 Å². The van der Waals surface area contributed by atoms with Crippen molar-refractivity contribution in [3.63, 3.8) is 0 Å². The van der Waals surface area contributed by atoms with E-state index in [9.17, 15) is 9.90 Å². The van der Waals surface area contributed by atoms with Crippen molar-refractivity contribution in [1.29, 1.82) is 0 Å². The zero-order valence-electron chi connectivity index (χ0n) is 12.6. The van der Waals surface area contributed by atoms with Gasteiger partial charge in [-0.2, -0.15) is 0 Å². The molecule has 2 N–H and O–H groups in total. The number of carbonyl (C=O) groups is 1. The van der Waals surface area contributed by atoms with E-state index in [0.717, 1.165) is 5.56 Å². The van der Waals surface area contributed by atoms with Crippen LogP contribution in [-0.2, 0) is 16.1 Å². The molecule has 0 bridgehead atoms. The summed E-state index contributed by atoms with van der Waals surface area (Å²) in [7, 11) is 5.11. The van der Waals surface area contributed by atoms with Crippen LogP contribution in [0.25, 0.3) is 0 Å². The van der Waals surface area contributed by atoms with Crippen LogP contribution in [0.2, 0.25) is 0 Å². The number of hydrogen-bond acceptors (Lipinski definition) is 5. The van der Waals surface area contributed by atoms with Gasteiger partial charge < -0.3 is 24.8 Å². The van der Waals surface area contributed by atoms with Crippen LogP contribution in [0.5, 0.6) is 11.5 Å². The Balaban J connectivity index is 2.03. The summed E-state index contributed by atoms with van der Waals surface area (Å²) in [5, 5.41) is 12.7. The standard InChI is InChI=1S/C15H22N2O4/c1-16-12-9-21-8-11(12)15(19)17(2)7-10-4-5-13(18)14(6-10)20-3/h4-6,11-12,16,18H,7-9H2,1-3H3. The molecule has 21 heavy (non-hydrogen) atoms. The van der Waals surface area contributed by atoms with Crippen molar-refractivity contribution < 1.29 is 19.4 Å². The SMILES string of the molecule is CNC1COCC1C(=O)N(C)Cc1ccc(O)c(OC)c1. The lowest BCUT2D eigenvalue weighted by Crippen LogP contribution is -2.43. The average Bonchev–Trinajstić information content (AvgIpc) is 2.96. The lowest BCUT2D eigenvalue weighted by atomic mass is 10.0. The van der Waals surface area contributed by atoms with Gasteiger partial charge in [0.25, 0.3) is 0 Å². The largest absolute Gasteiger partial charge is 0.504 e. The topological polar surface area (TPSA) is 71.0 Å². The summed E-state index contributed by atoms with van der Waals surface area (Å²) in [6.45, 7) is 1.48. The number of methoxy groups -OCH3 is 1. The number of carbonyl (C=O) groups excluding carboxylic acids is 1. The zero-order chi connectivity index (χ0) is 15.4. The first-order chi connectivity index (χ1) is 10.1. The summed E-state index contributed by atoms with van der Waals surface area (Å²) < 4.78 is 10.4. The number of nitrogens with one attached hydrogen (secondary N) is 1. The fourth-order valence-electron chi connectivity index (χ4n) is 2.54. The highest BCUT2D eigenvalue weighted by Crippen LogP contribution is 2.27. The van der Waals surface area contributed by atoms with Gasteiger partial charge >= 0.3 is 0 Å². The minimum absolute atomic E-state index is 0.0545. The summed E-state index contributed by atoms with van der Waals surface area (Å²) in [6.07, 6.45) is 0. The number of amides is 1. The third kappa shape index (κ3) is 3.46. The number of rotatable bonds is 5. The molecule has 1 saturated heterocycles. The first kappa shape index (κ1) is 15.6. The molecule has 0 saturated carbocycles. The van der Waals surface area contributed by atoms with E-state index in [0.29, 0.717) is 25.5 Å². The maximum Gasteiger partial charge on any atom is 0.229 e. The molecule has 0 aromatic heterocycles. The third-order valence-corrected chi connectivity index (χ3v) is 3.81. The van der Waals surface area contributed by atoms with E-state index in [1.54, 1.807) is 30.1 Å². The molecule has 1 aliphatic heterocycles. The number of ether oxygens (including phenoxy) is 2. The molecule has 0 aliphatic carbocycles. The van der Waals surface area contributed by atoms with E-state index in [4.69, 9.17) is 9.47 Å². The molecule has 6 nitrogen and oxygen atoms in total. The van der Waals surface area contributed by atoms with Gasteiger partial charge in [-0.15, -0.1) is 0 Å². The van der Waals surface area contributed by atoms with Crippen LogP contribution in [0.4, 0.5) is 0 Å². The maximum absolute atomic E-state index is 12.5. The first-order valence-electron chi connectivity index (χ1n) is 6.92. The molecule has 2 rings (SSSR count). The minimum Gasteiger partial charge on any atom is -0.504 e. The third-order valence-electron chi connectivity index (χ3n) is 3.81. The van der Waals surface area contributed by atoms with Crippen molar-refractivity contribution >= 4 is 5.91 Å². The highest BCUT2D eigenvalue weighted by Gasteiger charge is 2.34. The van der Waals surface area contributed by atoms with Gasteiger partial charge in [-0.05, 0) is 24.7 Å². The van der Waals surface area contributed by atoms with E-state index < -0.39 is 0 Å². The smallest absolute Gasteiger partial charge is 0.229 e. The Kier molecular flexibility index (Phi) is 5.03. The normalized spacial score (nSPS) is 21.3. The van der Waals surface area contributed by atoms with Gasteiger partial charge in [0.15, 0.2) is 11.5 Å². The average molecular weight is 294 g/mol. The minimum atomic E-state index is -0.154. The van der Waals surface area contributed by atoms with Crippen molar-refractivity contribution in [3.8, 4) is 11.5 Å². The van der Waals surface area contributed by atoms with E-state index in [1.807, 2.05) is 7.05 Å². The van der Waals surface area contributed by atoms with Gasteiger partial charge in [0.05, 0.1) is 26.2 Å². The van der Waals surface area contributed by atoms with Crippen molar-refractivity contribution in [1.82, 2.24) is 10.2 Å². The van der Waals surface area contributed by atoms with Gasteiger partial charge in [-0.25, -0.2) is 0 Å². The van der Waals surface area contributed by atoms with Gasteiger partial charge in [-0.1, -0.05) is 6.07 Å². The second-order valence-corrected chi connectivity index (χ2v) is 5.24. The van der Waals surface area contributed by atoms with E-state index in [-0.39, 0.29) is 23.6 Å². The van der Waals surface area contributed by atoms with Crippen LogP contribution in [0.15, 0.2) is 18.2 Å². The molecule has 1 aromatic carbocycles. The van der Waals surface area contributed by atoms with Crippen LogP contribution in [0, 0.1) is 5.92 Å². The van der Waals surface area contributed by atoms with Gasteiger partial charge in [0.1, 0.15) is 0 Å². The molecule has 1 amide bonds. The molecule has 1 aliphatic rings. The Labute approximate surface area is 124 Å². The molecule has 2 atom stereocenters. The lowest BCUT2D eigenvalue weighted by Gasteiger charge is -2.24. The second kappa shape index (κ2) is 6.78. The molecule has 6 heteroatoms. The summed E-state index contributed by atoms with van der Waals surface area (Å²) >= 11 is 0. The van der Waals surface area contributed by atoms with Gasteiger partial charge in [0, 0.05) is 19.6 Å². The monoisotopic (exact) mass is 294 g/mol. The van der Waals surface area contributed by atoms with Gasteiger partial charge in [0.2, 0.25) is 5.91 Å². The Bertz CT molecular complexity index is 506. The van der Waals surface area contributed by atoms with Crippen molar-refractivity contribution in [2.24, 2.45) is 5.92 Å². The number of likely N-dealkylation sites (N-methyl/N-ethyl adjacent to an activating group) is 1. The molecule has 116 valence electrons. The van der Waals surface area contributed by atoms with E-state index in [2.05, 4.69) is 5.32 Å². The number of nitrogens with zero attached hydrogens (tertiary/aromatic N) is 1. The first-order valence-corrected chi connectivity index (χ1v) is 6.92. The van der Waals surface area contributed by atoms with Crippen LogP contribution in [0.1, 0.15) is 5.56 Å². The quantitative estimate of drug-likeness (QED) is 0.832. The fraction of sp³-hybridized carbons (Fsp3) is 0.533. The van der Waals surface area contributed by atoms with Crippen molar-refractivity contribution in [2.75, 3.05) is 34.4 Å². The van der Waals surface area contributed by atoms with E-state index in [1.165, 1.54) is 7.11 Å². The summed E-state index contributed by atoms with van der Waals surface area (Å²) in [4.78, 5) is 14.1. The van der Waals surface area contributed by atoms with Crippen LogP contribution in [-0.4, -0.2) is 56.4 Å². The van der Waals surface area contributed by atoms with Crippen molar-refractivity contribution in [2.45, 2.75) is 12.6 Å².